The molecule has 8 heteroatoms. The van der Waals surface area contributed by atoms with Crippen molar-refractivity contribution in [2.75, 3.05) is 24.2 Å². The minimum Gasteiger partial charge on any atom is -0.345 e. The second kappa shape index (κ2) is 5.64. The minimum atomic E-state index is -0.289. The zero-order valence-corrected chi connectivity index (χ0v) is 13.4. The quantitative estimate of drug-likeness (QED) is 0.675. The van der Waals surface area contributed by atoms with Crippen molar-refractivity contribution in [1.29, 1.82) is 0 Å². The van der Waals surface area contributed by atoms with Gasteiger partial charge in [0.2, 0.25) is 0 Å². The number of hydrogen-bond donors (Lipinski definition) is 3. The summed E-state index contributed by atoms with van der Waals surface area (Å²) >= 11 is 1.54. The zero-order chi connectivity index (χ0) is 15.8. The zero-order valence-electron chi connectivity index (χ0n) is 12.6. The van der Waals surface area contributed by atoms with Gasteiger partial charge in [0, 0.05) is 30.1 Å². The second-order valence-electron chi connectivity index (χ2n) is 5.59. The van der Waals surface area contributed by atoms with Crippen molar-refractivity contribution in [2.45, 2.75) is 13.0 Å². The molecule has 1 aliphatic heterocycles. The van der Waals surface area contributed by atoms with Gasteiger partial charge in [0.05, 0.1) is 23.1 Å². The first-order valence-electron chi connectivity index (χ1n) is 7.35. The van der Waals surface area contributed by atoms with Gasteiger partial charge in [-0.15, -0.1) is 11.3 Å². The molecular weight excluding hydrogens is 312 g/mol. The van der Waals surface area contributed by atoms with E-state index in [1.54, 1.807) is 17.7 Å². The Morgan fingerprint density at radius 2 is 2.30 bits per heavy atom. The number of rotatable bonds is 2. The lowest BCUT2D eigenvalue weighted by Crippen LogP contribution is -2.25. The fraction of sp³-hybridized carbons (Fsp3) is 0.267. The Balaban J connectivity index is 1.45. The Labute approximate surface area is 136 Å². The summed E-state index contributed by atoms with van der Waals surface area (Å²) in [5.74, 6) is 0. The normalized spacial score (nSPS) is 14.7. The topological polar surface area (TPSA) is 85.9 Å². The molecule has 0 spiro atoms. The van der Waals surface area contributed by atoms with Gasteiger partial charge in [0.1, 0.15) is 0 Å². The van der Waals surface area contributed by atoms with Gasteiger partial charge in [-0.3, -0.25) is 5.32 Å². The van der Waals surface area contributed by atoms with E-state index < -0.39 is 0 Å². The summed E-state index contributed by atoms with van der Waals surface area (Å²) in [4.78, 5) is 27.3. The maximum Gasteiger partial charge on any atom is 0.325 e. The molecule has 1 aliphatic rings. The van der Waals surface area contributed by atoms with E-state index in [1.807, 2.05) is 18.2 Å². The first-order chi connectivity index (χ1) is 11.2. The van der Waals surface area contributed by atoms with Crippen LogP contribution in [0.15, 0.2) is 24.5 Å². The number of amides is 2. The summed E-state index contributed by atoms with van der Waals surface area (Å²) < 4.78 is 0. The maximum atomic E-state index is 12.1. The lowest BCUT2D eigenvalue weighted by Gasteiger charge is -2.20. The summed E-state index contributed by atoms with van der Waals surface area (Å²) in [6.07, 6.45) is 2.56. The molecule has 1 aromatic carbocycles. The molecule has 118 valence electrons. The van der Waals surface area contributed by atoms with E-state index in [2.05, 4.69) is 37.5 Å². The van der Waals surface area contributed by atoms with Crippen LogP contribution in [-0.4, -0.2) is 39.5 Å². The van der Waals surface area contributed by atoms with Gasteiger partial charge in [-0.05, 0) is 25.2 Å². The molecule has 0 aliphatic carbocycles. The molecular formula is C15H16N6OS. The molecule has 0 bridgehead atoms. The predicted molar refractivity (Wildman–Crippen MR) is 90.9 cm³/mol. The van der Waals surface area contributed by atoms with Crippen molar-refractivity contribution >= 4 is 39.2 Å². The molecule has 2 aromatic heterocycles. The number of thiazole rings is 1. The van der Waals surface area contributed by atoms with Crippen molar-refractivity contribution in [2.24, 2.45) is 0 Å². The Morgan fingerprint density at radius 1 is 1.39 bits per heavy atom. The molecule has 4 rings (SSSR count). The minimum absolute atomic E-state index is 0.289. The third-order valence-electron chi connectivity index (χ3n) is 3.82. The van der Waals surface area contributed by atoms with Crippen LogP contribution in [0.25, 0.3) is 11.0 Å². The maximum absolute atomic E-state index is 12.1. The number of aromatic amines is 1. The molecule has 0 atom stereocenters. The smallest absolute Gasteiger partial charge is 0.325 e. The molecule has 7 nitrogen and oxygen atoms in total. The lowest BCUT2D eigenvalue weighted by atomic mass is 10.2. The number of carbonyl (C=O) groups excluding carboxylic acids is 1. The Bertz CT molecular complexity index is 870. The van der Waals surface area contributed by atoms with E-state index in [1.165, 1.54) is 4.88 Å². The highest BCUT2D eigenvalue weighted by Crippen LogP contribution is 2.27. The molecule has 0 fully saturated rings. The number of benzene rings is 1. The summed E-state index contributed by atoms with van der Waals surface area (Å²) in [7, 11) is 2.09. The summed E-state index contributed by atoms with van der Waals surface area (Å²) in [6.45, 7) is 1.90. The van der Waals surface area contributed by atoms with Crippen molar-refractivity contribution < 1.29 is 4.79 Å². The third kappa shape index (κ3) is 2.90. The van der Waals surface area contributed by atoms with Gasteiger partial charge in [-0.2, -0.15) is 0 Å². The highest BCUT2D eigenvalue weighted by molar-refractivity contribution is 7.15. The molecule has 3 heterocycles. The average Bonchev–Trinajstić information content (AvgIpc) is 3.11. The molecule has 23 heavy (non-hydrogen) atoms. The van der Waals surface area contributed by atoms with Gasteiger partial charge in [-0.1, -0.05) is 0 Å². The number of H-pyrrole nitrogens is 1. The van der Waals surface area contributed by atoms with E-state index in [4.69, 9.17) is 0 Å². The van der Waals surface area contributed by atoms with Crippen LogP contribution < -0.4 is 10.6 Å². The van der Waals surface area contributed by atoms with Crippen LogP contribution in [0.4, 0.5) is 15.6 Å². The molecule has 3 aromatic rings. The van der Waals surface area contributed by atoms with Gasteiger partial charge >= 0.3 is 6.03 Å². The van der Waals surface area contributed by atoms with Crippen LogP contribution in [0, 0.1) is 0 Å². The average molecular weight is 328 g/mol. The highest BCUT2D eigenvalue weighted by atomic mass is 32.1. The molecule has 0 saturated heterocycles. The van der Waals surface area contributed by atoms with E-state index in [9.17, 15) is 4.79 Å². The van der Waals surface area contributed by atoms with E-state index in [0.717, 1.165) is 36.2 Å². The van der Waals surface area contributed by atoms with Gasteiger partial charge in [0.15, 0.2) is 5.13 Å². The number of carbonyl (C=O) groups is 1. The Morgan fingerprint density at radius 3 is 3.22 bits per heavy atom. The van der Waals surface area contributed by atoms with E-state index in [-0.39, 0.29) is 6.03 Å². The first-order valence-corrected chi connectivity index (χ1v) is 8.17. The van der Waals surface area contributed by atoms with Crippen LogP contribution in [0.1, 0.15) is 10.6 Å². The van der Waals surface area contributed by atoms with Crippen molar-refractivity contribution in [3.8, 4) is 0 Å². The van der Waals surface area contributed by atoms with Crippen molar-refractivity contribution in [3.63, 3.8) is 0 Å². The van der Waals surface area contributed by atoms with E-state index >= 15 is 0 Å². The number of nitrogens with zero attached hydrogens (tertiary/aromatic N) is 3. The SMILES string of the molecule is CN1CCc2nc(NC(=O)Nc3ccc4nc[nH]c4c3)sc2C1. The van der Waals surface area contributed by atoms with Gasteiger partial charge in [-0.25, -0.2) is 14.8 Å². The number of hydrogen-bond acceptors (Lipinski definition) is 5. The standard InChI is InChI=1S/C15H16N6OS/c1-21-5-4-11-13(7-21)23-15(19-11)20-14(22)18-9-2-3-10-12(6-9)17-8-16-10/h2-3,6,8H,4-5,7H2,1H3,(H,16,17)(H2,18,19,20,22). The van der Waals surface area contributed by atoms with Crippen molar-refractivity contribution in [3.05, 3.63) is 35.1 Å². The summed E-state index contributed by atoms with van der Waals surface area (Å²) in [5.41, 5.74) is 3.56. The van der Waals surface area contributed by atoms with Crippen LogP contribution >= 0.6 is 11.3 Å². The Kier molecular flexibility index (Phi) is 3.47. The monoisotopic (exact) mass is 328 g/mol. The fourth-order valence-corrected chi connectivity index (χ4v) is 3.73. The second-order valence-corrected chi connectivity index (χ2v) is 6.67. The molecule has 2 amide bonds. The van der Waals surface area contributed by atoms with Crippen molar-refractivity contribution in [1.82, 2.24) is 19.9 Å². The lowest BCUT2D eigenvalue weighted by molar-refractivity contribution is 0.262. The van der Waals surface area contributed by atoms with Gasteiger partial charge in [0.25, 0.3) is 0 Å². The number of imidazole rings is 1. The fourth-order valence-electron chi connectivity index (χ4n) is 2.65. The number of aromatic nitrogens is 3. The predicted octanol–water partition coefficient (Wildman–Crippen LogP) is 2.65. The number of fused-ring (bicyclic) bond motifs is 2. The number of likely N-dealkylation sites (N-methyl/N-ethyl adjacent to an activating group) is 1. The number of nitrogens with one attached hydrogen (secondary N) is 3. The molecule has 0 saturated carbocycles. The summed E-state index contributed by atoms with van der Waals surface area (Å²) in [5, 5.41) is 6.28. The first kappa shape index (κ1) is 14.2. The molecule has 0 radical (unpaired) electrons. The molecule has 0 unspecified atom stereocenters. The highest BCUT2D eigenvalue weighted by Gasteiger charge is 2.19. The van der Waals surface area contributed by atoms with Gasteiger partial charge < -0.3 is 15.2 Å². The van der Waals surface area contributed by atoms with E-state index in [0.29, 0.717) is 10.8 Å². The van der Waals surface area contributed by atoms with Crippen LogP contribution in [0.5, 0.6) is 0 Å². The largest absolute Gasteiger partial charge is 0.345 e. The third-order valence-corrected chi connectivity index (χ3v) is 4.82. The number of anilines is 2. The number of urea groups is 1. The van der Waals surface area contributed by atoms with Crippen LogP contribution in [0.2, 0.25) is 0 Å². The van der Waals surface area contributed by atoms with Crippen LogP contribution in [-0.2, 0) is 13.0 Å². The molecule has 3 N–H and O–H groups in total. The summed E-state index contributed by atoms with van der Waals surface area (Å²) in [6, 6.07) is 5.25. The Hall–Kier alpha value is -2.45. The van der Waals surface area contributed by atoms with Crippen LogP contribution in [0.3, 0.4) is 0 Å².